The molecule has 5 heteroatoms. The highest BCUT2D eigenvalue weighted by Crippen LogP contribution is 2.39. The molecule has 2 rings (SSSR count). The van der Waals surface area contributed by atoms with E-state index in [1.165, 1.54) is 16.0 Å². The van der Waals surface area contributed by atoms with E-state index < -0.39 is 0 Å². The minimum atomic E-state index is 0.444. The van der Waals surface area contributed by atoms with E-state index in [-0.39, 0.29) is 0 Å². The number of thiophene rings is 1. The second kappa shape index (κ2) is 10.2. The summed E-state index contributed by atoms with van der Waals surface area (Å²) in [5.74, 6) is 1.12. The van der Waals surface area contributed by atoms with E-state index >= 15 is 0 Å². The molecule has 0 aliphatic carbocycles. The van der Waals surface area contributed by atoms with Crippen LogP contribution in [-0.4, -0.2) is 67.9 Å². The van der Waals surface area contributed by atoms with Crippen molar-refractivity contribution in [2.75, 3.05) is 41.3 Å². The van der Waals surface area contributed by atoms with Gasteiger partial charge in [-0.3, -0.25) is 0 Å². The summed E-state index contributed by atoms with van der Waals surface area (Å²) in [7, 11) is 8.58. The van der Waals surface area contributed by atoms with Gasteiger partial charge < -0.3 is 14.7 Å². The molecule has 1 aromatic rings. The van der Waals surface area contributed by atoms with Gasteiger partial charge in [-0.2, -0.15) is 0 Å². The molecule has 0 saturated heterocycles. The first-order chi connectivity index (χ1) is 12.9. The molecule has 1 aliphatic heterocycles. The van der Waals surface area contributed by atoms with Crippen molar-refractivity contribution >= 4 is 28.2 Å². The third kappa shape index (κ3) is 5.53. The molecule has 2 heterocycles. The largest absolute Gasteiger partial charge is 0.359 e. The predicted octanol–water partition coefficient (Wildman–Crippen LogP) is 4.65. The van der Waals surface area contributed by atoms with Crippen molar-refractivity contribution in [3.05, 3.63) is 35.2 Å². The van der Waals surface area contributed by atoms with E-state index in [2.05, 4.69) is 63.0 Å². The van der Waals surface area contributed by atoms with Crippen LogP contribution in [0.1, 0.15) is 42.2 Å². The average Bonchev–Trinajstić information content (AvgIpc) is 2.96. The molecule has 1 atom stereocenters. The lowest BCUT2D eigenvalue weighted by Crippen LogP contribution is -2.41. The summed E-state index contributed by atoms with van der Waals surface area (Å²) < 4.78 is 0. The molecule has 0 radical (unpaired) electrons. The molecular formula is C22H36N4S. The highest BCUT2D eigenvalue weighted by Gasteiger charge is 2.23. The molecule has 1 unspecified atom stereocenters. The van der Waals surface area contributed by atoms with Crippen molar-refractivity contribution in [2.45, 2.75) is 45.2 Å². The van der Waals surface area contributed by atoms with Gasteiger partial charge in [0.2, 0.25) is 0 Å². The summed E-state index contributed by atoms with van der Waals surface area (Å²) in [5, 5.41) is 1.11. The Bertz CT molecular complexity index is 674. The maximum atomic E-state index is 5.18. The SMILES string of the molecule is C=CCC(CCC)N(C)C(CN(C)C)=Nc1sc2c(c1C=C)CCN(C)C2. The van der Waals surface area contributed by atoms with E-state index in [4.69, 9.17) is 4.99 Å². The van der Waals surface area contributed by atoms with Crippen LogP contribution in [0, 0.1) is 0 Å². The molecule has 4 nitrogen and oxygen atoms in total. The van der Waals surface area contributed by atoms with Crippen molar-refractivity contribution < 1.29 is 0 Å². The number of hydrogen-bond acceptors (Lipinski definition) is 4. The Hall–Kier alpha value is -1.43. The van der Waals surface area contributed by atoms with Gasteiger partial charge in [-0.25, -0.2) is 4.99 Å². The van der Waals surface area contributed by atoms with E-state index in [9.17, 15) is 0 Å². The summed E-state index contributed by atoms with van der Waals surface area (Å²) in [4.78, 5) is 13.6. The van der Waals surface area contributed by atoms with Crippen molar-refractivity contribution in [3.63, 3.8) is 0 Å². The van der Waals surface area contributed by atoms with Crippen molar-refractivity contribution in [3.8, 4) is 0 Å². The number of aliphatic imine (C=N–C) groups is 1. The fourth-order valence-corrected chi connectivity index (χ4v) is 4.99. The monoisotopic (exact) mass is 388 g/mol. The quantitative estimate of drug-likeness (QED) is 0.349. The normalized spacial score (nSPS) is 16.3. The number of rotatable bonds is 9. The lowest BCUT2D eigenvalue weighted by Gasteiger charge is -2.31. The summed E-state index contributed by atoms with van der Waals surface area (Å²) in [6.07, 6.45) is 8.41. The van der Waals surface area contributed by atoms with Crippen molar-refractivity contribution in [2.24, 2.45) is 4.99 Å². The van der Waals surface area contributed by atoms with E-state index in [0.29, 0.717) is 6.04 Å². The smallest absolute Gasteiger partial charge is 0.125 e. The zero-order valence-corrected chi connectivity index (χ0v) is 18.6. The molecule has 1 aliphatic rings. The van der Waals surface area contributed by atoms with Crippen LogP contribution < -0.4 is 0 Å². The zero-order valence-electron chi connectivity index (χ0n) is 17.8. The van der Waals surface area contributed by atoms with Crippen LogP contribution in [-0.2, 0) is 13.0 Å². The molecule has 0 bridgehead atoms. The van der Waals surface area contributed by atoms with Crippen LogP contribution in [0.15, 0.2) is 24.2 Å². The van der Waals surface area contributed by atoms with Crippen LogP contribution in [0.4, 0.5) is 5.00 Å². The van der Waals surface area contributed by atoms with Crippen LogP contribution >= 0.6 is 11.3 Å². The first-order valence-corrected chi connectivity index (χ1v) is 10.7. The summed E-state index contributed by atoms with van der Waals surface area (Å²) in [6, 6.07) is 0.444. The number of hydrogen-bond donors (Lipinski definition) is 0. The van der Waals surface area contributed by atoms with Gasteiger partial charge >= 0.3 is 0 Å². The van der Waals surface area contributed by atoms with Gasteiger partial charge in [0.25, 0.3) is 0 Å². The van der Waals surface area contributed by atoms with Crippen molar-refractivity contribution in [1.82, 2.24) is 14.7 Å². The average molecular weight is 389 g/mol. The molecule has 0 amide bonds. The molecule has 0 fully saturated rings. The van der Waals surface area contributed by atoms with Gasteiger partial charge in [-0.15, -0.1) is 17.9 Å². The molecular weight excluding hydrogens is 352 g/mol. The Kier molecular flexibility index (Phi) is 8.27. The minimum absolute atomic E-state index is 0.444. The summed E-state index contributed by atoms with van der Waals surface area (Å²) in [6.45, 7) is 13.2. The minimum Gasteiger partial charge on any atom is -0.359 e. The van der Waals surface area contributed by atoms with Gasteiger partial charge in [0, 0.05) is 36.6 Å². The van der Waals surface area contributed by atoms with E-state index in [0.717, 1.165) is 56.2 Å². The topological polar surface area (TPSA) is 22.1 Å². The first kappa shape index (κ1) is 21.9. The molecule has 0 N–H and O–H groups in total. The Morgan fingerprint density at radius 2 is 2.07 bits per heavy atom. The molecule has 150 valence electrons. The third-order valence-corrected chi connectivity index (χ3v) is 6.30. The van der Waals surface area contributed by atoms with E-state index in [1.54, 1.807) is 0 Å². The van der Waals surface area contributed by atoms with Crippen LogP contribution in [0.2, 0.25) is 0 Å². The number of amidine groups is 1. The lowest BCUT2D eigenvalue weighted by molar-refractivity contribution is 0.317. The number of fused-ring (bicyclic) bond motifs is 1. The van der Waals surface area contributed by atoms with Crippen LogP contribution in [0.25, 0.3) is 6.08 Å². The zero-order chi connectivity index (χ0) is 20.0. The molecule has 0 saturated carbocycles. The maximum Gasteiger partial charge on any atom is 0.125 e. The molecule has 0 aromatic carbocycles. The highest BCUT2D eigenvalue weighted by atomic mass is 32.1. The van der Waals surface area contributed by atoms with Crippen molar-refractivity contribution in [1.29, 1.82) is 0 Å². The maximum absolute atomic E-state index is 5.18. The molecule has 27 heavy (non-hydrogen) atoms. The fourth-order valence-electron chi connectivity index (χ4n) is 3.67. The van der Waals surface area contributed by atoms with Gasteiger partial charge in [-0.05, 0) is 46.0 Å². The first-order valence-electron chi connectivity index (χ1n) is 9.92. The van der Waals surface area contributed by atoms with Gasteiger partial charge in [-0.1, -0.05) is 32.1 Å². The third-order valence-electron chi connectivity index (χ3n) is 5.18. The second-order valence-corrected chi connectivity index (χ2v) is 8.84. The van der Waals surface area contributed by atoms with Gasteiger partial charge in [0.05, 0.1) is 6.54 Å². The Labute approximate surface area is 169 Å². The fraction of sp³-hybridized carbons (Fsp3) is 0.591. The van der Waals surface area contributed by atoms with Crippen LogP contribution in [0.5, 0.6) is 0 Å². The van der Waals surface area contributed by atoms with Gasteiger partial charge in [0.15, 0.2) is 0 Å². The summed E-state index contributed by atoms with van der Waals surface area (Å²) >= 11 is 1.84. The molecule has 0 spiro atoms. The van der Waals surface area contributed by atoms with Crippen LogP contribution in [0.3, 0.4) is 0 Å². The number of nitrogens with zero attached hydrogens (tertiary/aromatic N) is 4. The van der Waals surface area contributed by atoms with E-state index in [1.807, 2.05) is 23.5 Å². The standard InChI is InChI=1S/C22H36N4S/c1-8-11-17(12-9-2)26(7)21(16-24(4)5)23-22-18(10-3)19-13-14-25(6)15-20(19)27-22/h8,10,17H,1,3,9,11-16H2,2,4-7H3. The van der Waals surface area contributed by atoms with Gasteiger partial charge in [0.1, 0.15) is 10.8 Å². The number of likely N-dealkylation sites (N-methyl/N-ethyl adjacent to an activating group) is 3. The Balaban J connectivity index is 2.42. The Morgan fingerprint density at radius 1 is 1.33 bits per heavy atom. The summed E-state index contributed by atoms with van der Waals surface area (Å²) in [5.41, 5.74) is 2.69. The Morgan fingerprint density at radius 3 is 2.67 bits per heavy atom. The molecule has 1 aromatic heterocycles. The second-order valence-electron chi connectivity index (χ2n) is 7.76. The highest BCUT2D eigenvalue weighted by molar-refractivity contribution is 7.16. The predicted molar refractivity (Wildman–Crippen MR) is 121 cm³/mol. The lowest BCUT2D eigenvalue weighted by atomic mass is 10.0.